The molecule has 0 aromatic heterocycles. The third-order valence-corrected chi connectivity index (χ3v) is 5.99. The Balaban J connectivity index is 2.38. The van der Waals surface area contributed by atoms with Crippen LogP contribution in [0.15, 0.2) is 0 Å². The molecule has 0 unspecified atom stereocenters. The molecule has 1 heterocycles. The van der Waals surface area contributed by atoms with E-state index in [9.17, 15) is 13.2 Å². The lowest BCUT2D eigenvalue weighted by Crippen LogP contribution is -2.46. The highest BCUT2D eigenvalue weighted by atomic mass is 79.9. The first kappa shape index (κ1) is 14.9. The summed E-state index contributed by atoms with van der Waals surface area (Å²) >= 11 is 2.98. The summed E-state index contributed by atoms with van der Waals surface area (Å²) in [6.07, 6.45) is 2.77. The molecule has 0 aromatic carbocycles. The molecule has 0 saturated carbocycles. The predicted molar refractivity (Wildman–Crippen MR) is 70.4 cm³/mol. The first-order chi connectivity index (χ1) is 7.99. The molecule has 1 aliphatic rings. The van der Waals surface area contributed by atoms with Crippen LogP contribution in [-0.4, -0.2) is 42.4 Å². The summed E-state index contributed by atoms with van der Waals surface area (Å²) in [4.78, 5) is 11.4. The smallest absolute Gasteiger partial charge is 0.224 e. The number of rotatable bonds is 5. The van der Waals surface area contributed by atoms with Gasteiger partial charge in [0.1, 0.15) is 4.66 Å². The normalized spacial score (nSPS) is 19.2. The lowest BCUT2D eigenvalue weighted by molar-refractivity contribution is -0.122. The van der Waals surface area contributed by atoms with Gasteiger partial charge in [-0.05, 0) is 19.3 Å². The van der Waals surface area contributed by atoms with Gasteiger partial charge in [-0.1, -0.05) is 22.9 Å². The Bertz CT molecular complexity index is 351. The van der Waals surface area contributed by atoms with Gasteiger partial charge in [-0.3, -0.25) is 4.79 Å². The summed E-state index contributed by atoms with van der Waals surface area (Å²) in [5.74, 6) is 0.0642. The minimum Gasteiger partial charge on any atom is -0.353 e. The molecule has 0 spiro atoms. The van der Waals surface area contributed by atoms with Crippen molar-refractivity contribution >= 4 is 31.9 Å². The van der Waals surface area contributed by atoms with E-state index in [1.54, 1.807) is 0 Å². The molecule has 0 aromatic rings. The zero-order valence-corrected chi connectivity index (χ0v) is 12.4. The van der Waals surface area contributed by atoms with Gasteiger partial charge in [0.05, 0.1) is 0 Å². The SMILES string of the molecule is CCCC(=O)NC1CCN(S(=O)(=O)CBr)CC1. The monoisotopic (exact) mass is 326 g/mol. The van der Waals surface area contributed by atoms with Crippen LogP contribution >= 0.6 is 15.9 Å². The highest BCUT2D eigenvalue weighted by Crippen LogP contribution is 2.15. The first-order valence-electron chi connectivity index (χ1n) is 5.82. The zero-order chi connectivity index (χ0) is 12.9. The van der Waals surface area contributed by atoms with Gasteiger partial charge >= 0.3 is 0 Å². The van der Waals surface area contributed by atoms with E-state index < -0.39 is 10.0 Å². The van der Waals surface area contributed by atoms with Crippen LogP contribution < -0.4 is 5.32 Å². The average Bonchev–Trinajstić information content (AvgIpc) is 2.30. The van der Waals surface area contributed by atoms with Gasteiger partial charge in [0.2, 0.25) is 15.9 Å². The summed E-state index contributed by atoms with van der Waals surface area (Å²) in [5.41, 5.74) is 0. The van der Waals surface area contributed by atoms with Gasteiger partial charge in [-0.15, -0.1) is 0 Å². The quantitative estimate of drug-likeness (QED) is 0.768. The number of halogens is 1. The highest BCUT2D eigenvalue weighted by molar-refractivity contribution is 9.10. The van der Waals surface area contributed by atoms with Gasteiger partial charge in [-0.25, -0.2) is 12.7 Å². The van der Waals surface area contributed by atoms with Crippen LogP contribution in [0.1, 0.15) is 32.6 Å². The first-order valence-corrected chi connectivity index (χ1v) is 8.55. The maximum atomic E-state index is 11.6. The van der Waals surface area contributed by atoms with Crippen molar-refractivity contribution in [3.63, 3.8) is 0 Å². The average molecular weight is 327 g/mol. The molecular weight excluding hydrogens is 308 g/mol. The molecule has 5 nitrogen and oxygen atoms in total. The lowest BCUT2D eigenvalue weighted by Gasteiger charge is -2.31. The molecule has 1 rings (SSSR count). The van der Waals surface area contributed by atoms with Crippen LogP contribution in [0, 0.1) is 0 Å². The highest BCUT2D eigenvalue weighted by Gasteiger charge is 2.27. The zero-order valence-electron chi connectivity index (χ0n) is 9.99. The van der Waals surface area contributed by atoms with Crippen molar-refractivity contribution in [2.24, 2.45) is 0 Å². The maximum Gasteiger partial charge on any atom is 0.224 e. The van der Waals surface area contributed by atoms with Crippen LogP contribution in [0.25, 0.3) is 0 Å². The second-order valence-electron chi connectivity index (χ2n) is 4.21. The van der Waals surface area contributed by atoms with Gasteiger partial charge < -0.3 is 5.32 Å². The van der Waals surface area contributed by atoms with Gasteiger partial charge in [0.25, 0.3) is 0 Å². The number of nitrogens with one attached hydrogen (secondary N) is 1. The molecule has 1 saturated heterocycles. The fraction of sp³-hybridized carbons (Fsp3) is 0.900. The second kappa shape index (κ2) is 6.70. The van der Waals surface area contributed by atoms with Crippen LogP contribution in [0.3, 0.4) is 0 Å². The van der Waals surface area contributed by atoms with Gasteiger partial charge in [-0.2, -0.15) is 0 Å². The van der Waals surface area contributed by atoms with Crippen LogP contribution in [-0.2, 0) is 14.8 Å². The van der Waals surface area contributed by atoms with Crippen molar-refractivity contribution in [3.05, 3.63) is 0 Å². The molecule has 17 heavy (non-hydrogen) atoms. The standard InChI is InChI=1S/C10H19BrN2O3S/c1-2-3-10(14)12-9-4-6-13(7-5-9)17(15,16)8-11/h9H,2-8H2,1H3,(H,12,14). The van der Waals surface area contributed by atoms with Crippen molar-refractivity contribution in [2.75, 3.05) is 17.8 Å². The fourth-order valence-electron chi connectivity index (χ4n) is 1.87. The minimum absolute atomic E-state index is 0.0349. The third kappa shape index (κ3) is 4.56. The van der Waals surface area contributed by atoms with Crippen molar-refractivity contribution < 1.29 is 13.2 Å². The van der Waals surface area contributed by atoms with Crippen molar-refractivity contribution in [3.8, 4) is 0 Å². The number of hydrogen-bond acceptors (Lipinski definition) is 3. The number of nitrogens with zero attached hydrogens (tertiary/aromatic N) is 1. The van der Waals surface area contributed by atoms with E-state index in [2.05, 4.69) is 21.2 Å². The number of carbonyl (C=O) groups excluding carboxylic acids is 1. The Morgan fingerprint density at radius 1 is 1.41 bits per heavy atom. The summed E-state index contributed by atoms with van der Waals surface area (Å²) < 4.78 is 24.6. The Hall–Kier alpha value is -0.140. The molecular formula is C10H19BrN2O3S. The molecule has 1 aliphatic heterocycles. The van der Waals surface area contributed by atoms with Crippen molar-refractivity contribution in [2.45, 2.75) is 38.6 Å². The van der Waals surface area contributed by atoms with Crippen molar-refractivity contribution in [1.29, 1.82) is 0 Å². The number of sulfonamides is 1. The Labute approximate surface area is 111 Å². The molecule has 0 atom stereocenters. The summed E-state index contributed by atoms with van der Waals surface area (Å²) in [6.45, 7) is 2.95. The second-order valence-corrected chi connectivity index (χ2v) is 7.48. The lowest BCUT2D eigenvalue weighted by atomic mass is 10.1. The number of amides is 1. The molecule has 7 heteroatoms. The molecule has 0 radical (unpaired) electrons. The summed E-state index contributed by atoms with van der Waals surface area (Å²) in [6, 6.07) is 0.121. The maximum absolute atomic E-state index is 11.6. The topological polar surface area (TPSA) is 66.5 Å². The van der Waals surface area contributed by atoms with E-state index in [0.717, 1.165) is 6.42 Å². The van der Waals surface area contributed by atoms with Crippen LogP contribution in [0.5, 0.6) is 0 Å². The van der Waals surface area contributed by atoms with E-state index in [-0.39, 0.29) is 16.6 Å². The third-order valence-electron chi connectivity index (χ3n) is 2.83. The van der Waals surface area contributed by atoms with E-state index in [1.165, 1.54) is 4.31 Å². The van der Waals surface area contributed by atoms with E-state index in [0.29, 0.717) is 32.4 Å². The largest absolute Gasteiger partial charge is 0.353 e. The van der Waals surface area contributed by atoms with E-state index in [1.807, 2.05) is 6.92 Å². The molecule has 100 valence electrons. The number of carbonyl (C=O) groups is 1. The van der Waals surface area contributed by atoms with Gasteiger partial charge in [0, 0.05) is 25.6 Å². The summed E-state index contributed by atoms with van der Waals surface area (Å²) in [7, 11) is -3.15. The Kier molecular flexibility index (Phi) is 5.88. The molecule has 1 N–H and O–H groups in total. The Morgan fingerprint density at radius 3 is 2.47 bits per heavy atom. The number of piperidine rings is 1. The molecule has 1 fully saturated rings. The Morgan fingerprint density at radius 2 is 2.00 bits per heavy atom. The van der Waals surface area contributed by atoms with E-state index in [4.69, 9.17) is 0 Å². The summed E-state index contributed by atoms with van der Waals surface area (Å²) in [5, 5.41) is 2.94. The van der Waals surface area contributed by atoms with Crippen molar-refractivity contribution in [1.82, 2.24) is 9.62 Å². The van der Waals surface area contributed by atoms with E-state index >= 15 is 0 Å². The molecule has 0 bridgehead atoms. The number of hydrogen-bond donors (Lipinski definition) is 1. The minimum atomic E-state index is -3.15. The van der Waals surface area contributed by atoms with Crippen LogP contribution in [0.2, 0.25) is 0 Å². The number of alkyl halides is 1. The predicted octanol–water partition coefficient (Wildman–Crippen LogP) is 1.05. The van der Waals surface area contributed by atoms with Crippen LogP contribution in [0.4, 0.5) is 0 Å². The van der Waals surface area contributed by atoms with Gasteiger partial charge in [0.15, 0.2) is 0 Å². The molecule has 0 aliphatic carbocycles. The molecule has 1 amide bonds. The fourth-order valence-corrected chi connectivity index (χ4v) is 3.65.